The quantitative estimate of drug-likeness (QED) is 0.389. The Hall–Kier alpha value is 1.47. The second kappa shape index (κ2) is 24.8. The Labute approximate surface area is 58.0 Å². The van der Waals surface area contributed by atoms with Gasteiger partial charge in [0.05, 0.1) is 0 Å². The fraction of sp³-hybridized carbons (Fsp3) is 0. The van der Waals surface area contributed by atoms with Crippen molar-refractivity contribution in [3.8, 4) is 0 Å². The molecule has 0 amide bonds. The Morgan fingerprint density at radius 1 is 1.00 bits per heavy atom. The maximum Gasteiger partial charge on any atom is 0 e. The molecule has 0 atom stereocenters. The van der Waals surface area contributed by atoms with E-state index < -0.39 is 0 Å². The van der Waals surface area contributed by atoms with Gasteiger partial charge in [-0.05, 0) is 0 Å². The van der Waals surface area contributed by atoms with Crippen molar-refractivity contribution in [3.05, 3.63) is 0 Å². The largest absolute Gasteiger partial charge is 0 e. The average molecular weight is 109 g/mol. The van der Waals surface area contributed by atoms with E-state index >= 15 is 0 Å². The molecule has 0 unspecified atom stereocenters. The van der Waals surface area contributed by atoms with E-state index in [0.29, 0.717) is 0 Å². The molecule has 5 radical (unpaired) electrons. The van der Waals surface area contributed by atoms with E-state index in [-0.39, 0.29) is 58.3 Å². The van der Waals surface area contributed by atoms with Crippen molar-refractivity contribution in [2.75, 3.05) is 0 Å². The van der Waals surface area contributed by atoms with Crippen molar-refractivity contribution >= 4 is 29.6 Å². The van der Waals surface area contributed by atoms with Crippen molar-refractivity contribution < 1.29 is 28.7 Å². The van der Waals surface area contributed by atoms with Crippen LogP contribution in [0.15, 0.2) is 0 Å². The van der Waals surface area contributed by atoms with Crippen molar-refractivity contribution in [2.24, 2.45) is 0 Å². The van der Waals surface area contributed by atoms with Crippen LogP contribution in [0.3, 0.4) is 0 Å². The Bertz CT molecular complexity index is 8.00. The minimum absolute atomic E-state index is 0. The van der Waals surface area contributed by atoms with E-state index in [1.54, 1.807) is 0 Å². The zero-order chi connectivity index (χ0) is 0. The number of rotatable bonds is 0. The molecular weight excluding hydrogens is 109 g/mol. The second-order valence-corrected chi connectivity index (χ2v) is 0. The van der Waals surface area contributed by atoms with Gasteiger partial charge < -0.3 is 0 Å². The summed E-state index contributed by atoms with van der Waals surface area (Å²) in [5, 5.41) is 0. The number of hydrogen-bond donors (Lipinski definition) is 0. The molecule has 0 fully saturated rings. The first-order valence-corrected chi connectivity index (χ1v) is 0. The molecule has 0 aliphatic carbocycles. The zero-order valence-corrected chi connectivity index (χ0v) is 5.63. The monoisotopic (exact) mass is 109 g/mol. The Morgan fingerprint density at radius 3 is 1.00 bits per heavy atom. The van der Waals surface area contributed by atoms with Crippen LogP contribution in [0.5, 0.6) is 0 Å². The van der Waals surface area contributed by atoms with Crippen LogP contribution >= 0.6 is 0 Å². The molecule has 1 nitrogen and oxygen atoms in total. The summed E-state index contributed by atoms with van der Waals surface area (Å²) >= 11 is 0. The Balaban J connectivity index is 0. The van der Waals surface area contributed by atoms with Gasteiger partial charge in [0.1, 0.15) is 0 Å². The number of hydrogen-bond acceptors (Lipinski definition) is 0. The van der Waals surface area contributed by atoms with Crippen LogP contribution in [0, 0.1) is 0 Å². The first-order chi connectivity index (χ1) is 0. The summed E-state index contributed by atoms with van der Waals surface area (Å²) in [5.41, 5.74) is 0. The summed E-state index contributed by atoms with van der Waals surface area (Å²) in [7, 11) is 0. The third kappa shape index (κ3) is 9.79. The fourth-order valence-electron chi connectivity index (χ4n) is 0. The predicted octanol–water partition coefficient (Wildman–Crippen LogP) is -0.0819. The molecule has 19 valence electrons. The molecule has 0 spiro atoms. The van der Waals surface area contributed by atoms with Crippen molar-refractivity contribution in [1.29, 1.82) is 0 Å². The molecule has 0 aromatic heterocycles. The van der Waals surface area contributed by atoms with Crippen LogP contribution in [0.25, 0.3) is 0 Å². The van der Waals surface area contributed by atoms with E-state index in [4.69, 9.17) is 0 Å². The van der Waals surface area contributed by atoms with Gasteiger partial charge in [0.2, 0.25) is 0 Å². The summed E-state index contributed by atoms with van der Waals surface area (Å²) in [6, 6.07) is 0. The molecule has 0 aliphatic heterocycles. The summed E-state index contributed by atoms with van der Waals surface area (Å²) in [6.07, 6.45) is 0. The molecule has 0 heterocycles. The molecule has 0 aromatic carbocycles. The number of halogens is 1. The van der Waals surface area contributed by atoms with Crippen molar-refractivity contribution in [2.45, 2.75) is 0 Å². The molecule has 0 rings (SSSR count). The SMILES string of the molecule is [F].[Na].[O].[V]. The second-order valence-electron chi connectivity index (χ2n) is 0. The molecule has 4 heteroatoms. The Kier molecular flexibility index (Phi) is 313. The van der Waals surface area contributed by atoms with E-state index in [0.717, 1.165) is 0 Å². The van der Waals surface area contributed by atoms with Crippen LogP contribution in [0.4, 0.5) is 4.70 Å². The van der Waals surface area contributed by atoms with Gasteiger partial charge >= 0.3 is 0 Å². The van der Waals surface area contributed by atoms with Crippen LogP contribution in [0.1, 0.15) is 0 Å². The van der Waals surface area contributed by atoms with E-state index in [2.05, 4.69) is 0 Å². The zero-order valence-electron chi connectivity index (χ0n) is 2.23. The van der Waals surface area contributed by atoms with Gasteiger partial charge in [0, 0.05) is 58.3 Å². The van der Waals surface area contributed by atoms with Gasteiger partial charge in [0.15, 0.2) is 0 Å². The van der Waals surface area contributed by atoms with Gasteiger partial charge in [0.25, 0.3) is 0 Å². The molecular formula is FNaOV. The molecule has 0 saturated carbocycles. The maximum absolute atomic E-state index is 0. The molecule has 0 N–H and O–H groups in total. The minimum atomic E-state index is 0. The fourth-order valence-corrected chi connectivity index (χ4v) is 0. The molecule has 0 saturated heterocycles. The summed E-state index contributed by atoms with van der Waals surface area (Å²) in [5.74, 6) is 0. The third-order valence-electron chi connectivity index (χ3n) is 0. The standard InChI is InChI=1S/F.Na.O.V. The van der Waals surface area contributed by atoms with Crippen molar-refractivity contribution in [3.63, 3.8) is 0 Å². The van der Waals surface area contributed by atoms with Crippen LogP contribution in [-0.4, -0.2) is 29.6 Å². The molecule has 4 heavy (non-hydrogen) atoms. The minimum Gasteiger partial charge on any atom is 0 e. The van der Waals surface area contributed by atoms with Crippen LogP contribution in [0.2, 0.25) is 0 Å². The molecule has 0 aliphatic rings. The third-order valence-corrected chi connectivity index (χ3v) is 0. The van der Waals surface area contributed by atoms with Gasteiger partial charge in [-0.3, -0.25) is 0 Å². The molecule has 0 bridgehead atoms. The van der Waals surface area contributed by atoms with Crippen LogP contribution < -0.4 is 0 Å². The smallest absolute Gasteiger partial charge is 0 e. The van der Waals surface area contributed by atoms with Gasteiger partial charge in [-0.2, -0.15) is 0 Å². The average Bonchev–Trinajstić information content (AvgIpc) is 0. The topological polar surface area (TPSA) is 28.5 Å². The summed E-state index contributed by atoms with van der Waals surface area (Å²) < 4.78 is 0. The van der Waals surface area contributed by atoms with E-state index in [1.165, 1.54) is 0 Å². The van der Waals surface area contributed by atoms with Gasteiger partial charge in [-0.1, -0.05) is 0 Å². The van der Waals surface area contributed by atoms with E-state index in [9.17, 15) is 0 Å². The van der Waals surface area contributed by atoms with Gasteiger partial charge in [-0.25, -0.2) is 0 Å². The normalized spacial score (nSPS) is 0. The first kappa shape index (κ1) is 50.4. The van der Waals surface area contributed by atoms with Crippen molar-refractivity contribution in [1.82, 2.24) is 0 Å². The van der Waals surface area contributed by atoms with Gasteiger partial charge in [-0.15, -0.1) is 0 Å². The molecule has 0 aromatic rings. The first-order valence-electron chi connectivity index (χ1n) is 0. The van der Waals surface area contributed by atoms with Crippen LogP contribution in [-0.2, 0) is 24.0 Å². The summed E-state index contributed by atoms with van der Waals surface area (Å²) in [4.78, 5) is 0. The predicted molar refractivity (Wildman–Crippen MR) is 7.55 cm³/mol. The van der Waals surface area contributed by atoms with E-state index in [1.807, 2.05) is 0 Å². The maximum atomic E-state index is 0. The Morgan fingerprint density at radius 2 is 1.00 bits per heavy atom. The summed E-state index contributed by atoms with van der Waals surface area (Å²) in [6.45, 7) is 0.